The van der Waals surface area contributed by atoms with Gasteiger partial charge in [-0.1, -0.05) is 41.9 Å². The molecule has 0 bridgehead atoms. The molecule has 1 aromatic carbocycles. The third kappa shape index (κ3) is 4.57. The van der Waals surface area contributed by atoms with Crippen LogP contribution in [-0.4, -0.2) is 10.9 Å². The first-order valence-corrected chi connectivity index (χ1v) is 8.55. The van der Waals surface area contributed by atoms with Crippen molar-refractivity contribution in [2.24, 2.45) is 0 Å². The van der Waals surface area contributed by atoms with Crippen molar-refractivity contribution < 1.29 is 9.53 Å². The van der Waals surface area contributed by atoms with Gasteiger partial charge in [0.05, 0.1) is 9.21 Å². The Kier molecular flexibility index (Phi) is 5.46. The Hall–Kier alpha value is -2.37. The van der Waals surface area contributed by atoms with Crippen LogP contribution in [0, 0.1) is 0 Å². The first-order chi connectivity index (χ1) is 11.7. The summed E-state index contributed by atoms with van der Waals surface area (Å²) in [6, 6.07) is 17.0. The van der Waals surface area contributed by atoms with Gasteiger partial charge < -0.3 is 10.1 Å². The van der Waals surface area contributed by atoms with Gasteiger partial charge in [0.25, 0.3) is 5.91 Å². The molecule has 0 saturated heterocycles. The van der Waals surface area contributed by atoms with Crippen LogP contribution in [0.15, 0.2) is 60.8 Å². The number of ether oxygens (including phenoxy) is 1. The number of hydrogen-bond donors (Lipinski definition) is 1. The van der Waals surface area contributed by atoms with Gasteiger partial charge in [-0.2, -0.15) is 0 Å². The standard InChI is InChI=1S/C18H15ClN2O2S/c19-16-7-6-15(24-16)18(22)21-11-14-8-9-20-17(10-14)23-12-13-4-2-1-3-5-13/h1-10H,11-12H2,(H,21,22). The van der Waals surface area contributed by atoms with E-state index in [0.29, 0.717) is 28.2 Å². The number of hydrogen-bond acceptors (Lipinski definition) is 4. The van der Waals surface area contributed by atoms with Crippen LogP contribution >= 0.6 is 22.9 Å². The Labute approximate surface area is 149 Å². The predicted molar refractivity (Wildman–Crippen MR) is 95.5 cm³/mol. The van der Waals surface area contributed by atoms with Crippen molar-refractivity contribution in [3.8, 4) is 5.88 Å². The average Bonchev–Trinajstić information content (AvgIpc) is 3.06. The number of carbonyl (C=O) groups excluding carboxylic acids is 1. The molecule has 2 heterocycles. The monoisotopic (exact) mass is 358 g/mol. The fraction of sp³-hybridized carbons (Fsp3) is 0.111. The van der Waals surface area contributed by atoms with E-state index in [4.69, 9.17) is 16.3 Å². The molecule has 0 saturated carbocycles. The first kappa shape index (κ1) is 16.5. The number of aromatic nitrogens is 1. The molecule has 3 rings (SSSR count). The van der Waals surface area contributed by atoms with Gasteiger partial charge >= 0.3 is 0 Å². The summed E-state index contributed by atoms with van der Waals surface area (Å²) in [6.45, 7) is 0.857. The molecule has 1 amide bonds. The Morgan fingerprint density at radius 1 is 1.12 bits per heavy atom. The zero-order valence-electron chi connectivity index (χ0n) is 12.7. The quantitative estimate of drug-likeness (QED) is 0.714. The molecule has 24 heavy (non-hydrogen) atoms. The lowest BCUT2D eigenvalue weighted by atomic mass is 10.2. The van der Waals surface area contributed by atoms with Crippen molar-refractivity contribution in [1.29, 1.82) is 0 Å². The molecule has 0 fully saturated rings. The van der Waals surface area contributed by atoms with E-state index in [2.05, 4.69) is 10.3 Å². The SMILES string of the molecule is O=C(NCc1ccnc(OCc2ccccc2)c1)c1ccc(Cl)s1. The van der Waals surface area contributed by atoms with Crippen LogP contribution in [0.3, 0.4) is 0 Å². The topological polar surface area (TPSA) is 51.2 Å². The van der Waals surface area contributed by atoms with Crippen LogP contribution in [0.25, 0.3) is 0 Å². The third-order valence-electron chi connectivity index (χ3n) is 3.28. The lowest BCUT2D eigenvalue weighted by Gasteiger charge is -2.08. The number of nitrogens with zero attached hydrogens (tertiary/aromatic N) is 1. The molecule has 0 aliphatic carbocycles. The minimum atomic E-state index is -0.143. The molecule has 3 aromatic rings. The zero-order valence-corrected chi connectivity index (χ0v) is 14.3. The van der Waals surface area contributed by atoms with Gasteiger partial charge in [-0.25, -0.2) is 4.98 Å². The highest BCUT2D eigenvalue weighted by atomic mass is 35.5. The number of rotatable bonds is 6. The number of nitrogens with one attached hydrogen (secondary N) is 1. The van der Waals surface area contributed by atoms with Gasteiger partial charge in [0.2, 0.25) is 5.88 Å². The number of amides is 1. The molecule has 4 nitrogen and oxygen atoms in total. The second kappa shape index (κ2) is 7.95. The molecule has 0 aliphatic rings. The lowest BCUT2D eigenvalue weighted by molar-refractivity contribution is 0.0955. The summed E-state index contributed by atoms with van der Waals surface area (Å²) in [5, 5.41) is 2.86. The van der Waals surface area contributed by atoms with Crippen molar-refractivity contribution >= 4 is 28.8 Å². The molecule has 0 unspecified atom stereocenters. The maximum atomic E-state index is 12.0. The highest BCUT2D eigenvalue weighted by molar-refractivity contribution is 7.17. The van der Waals surface area contributed by atoms with Gasteiger partial charge in [0.1, 0.15) is 6.61 Å². The Morgan fingerprint density at radius 3 is 2.71 bits per heavy atom. The van der Waals surface area contributed by atoms with Crippen molar-refractivity contribution in [3.63, 3.8) is 0 Å². The van der Waals surface area contributed by atoms with Gasteiger partial charge in [-0.05, 0) is 29.3 Å². The van der Waals surface area contributed by atoms with Crippen LogP contribution in [0.5, 0.6) is 5.88 Å². The summed E-state index contributed by atoms with van der Waals surface area (Å²) in [4.78, 5) is 16.8. The summed E-state index contributed by atoms with van der Waals surface area (Å²) >= 11 is 7.10. The normalized spacial score (nSPS) is 10.4. The molecular formula is C18H15ClN2O2S. The van der Waals surface area contributed by atoms with E-state index in [1.165, 1.54) is 11.3 Å². The van der Waals surface area contributed by atoms with Crippen molar-refractivity contribution in [2.45, 2.75) is 13.2 Å². The van der Waals surface area contributed by atoms with Crippen LogP contribution in [0.1, 0.15) is 20.8 Å². The molecule has 1 N–H and O–H groups in total. The van der Waals surface area contributed by atoms with Gasteiger partial charge in [0, 0.05) is 18.8 Å². The minimum absolute atomic E-state index is 0.143. The molecule has 0 radical (unpaired) electrons. The molecule has 6 heteroatoms. The minimum Gasteiger partial charge on any atom is -0.473 e. The van der Waals surface area contributed by atoms with Gasteiger partial charge in [-0.15, -0.1) is 11.3 Å². The van der Waals surface area contributed by atoms with Crippen molar-refractivity contribution in [3.05, 3.63) is 81.1 Å². The van der Waals surface area contributed by atoms with Crippen LogP contribution in [-0.2, 0) is 13.2 Å². The highest BCUT2D eigenvalue weighted by Gasteiger charge is 2.08. The predicted octanol–water partition coefficient (Wildman–Crippen LogP) is 4.31. The number of thiophene rings is 1. The lowest BCUT2D eigenvalue weighted by Crippen LogP contribution is -2.21. The van der Waals surface area contributed by atoms with Crippen LogP contribution in [0.4, 0.5) is 0 Å². The summed E-state index contributed by atoms with van der Waals surface area (Å²) in [7, 11) is 0. The smallest absolute Gasteiger partial charge is 0.261 e. The molecular weight excluding hydrogens is 344 g/mol. The van der Waals surface area contributed by atoms with E-state index in [1.54, 1.807) is 18.3 Å². The van der Waals surface area contributed by atoms with E-state index in [1.807, 2.05) is 42.5 Å². The van der Waals surface area contributed by atoms with E-state index in [-0.39, 0.29) is 5.91 Å². The van der Waals surface area contributed by atoms with E-state index in [9.17, 15) is 4.79 Å². The van der Waals surface area contributed by atoms with Crippen molar-refractivity contribution in [1.82, 2.24) is 10.3 Å². The average molecular weight is 359 g/mol. The summed E-state index contributed by atoms with van der Waals surface area (Å²) in [5.41, 5.74) is 2.00. The maximum absolute atomic E-state index is 12.0. The fourth-order valence-electron chi connectivity index (χ4n) is 2.08. The van der Waals surface area contributed by atoms with Gasteiger partial charge in [0.15, 0.2) is 0 Å². The summed E-state index contributed by atoms with van der Waals surface area (Å²) in [5.74, 6) is 0.389. The van der Waals surface area contributed by atoms with E-state index < -0.39 is 0 Å². The molecule has 0 spiro atoms. The Balaban J connectivity index is 1.56. The third-order valence-corrected chi connectivity index (χ3v) is 4.51. The Bertz CT molecular complexity index is 821. The number of carbonyl (C=O) groups is 1. The second-order valence-corrected chi connectivity index (χ2v) is 6.78. The molecule has 0 atom stereocenters. The largest absolute Gasteiger partial charge is 0.473 e. The second-order valence-electron chi connectivity index (χ2n) is 5.06. The van der Waals surface area contributed by atoms with Crippen molar-refractivity contribution in [2.75, 3.05) is 0 Å². The molecule has 2 aromatic heterocycles. The number of halogens is 1. The fourth-order valence-corrected chi connectivity index (χ4v) is 3.04. The summed E-state index contributed by atoms with van der Waals surface area (Å²) in [6.07, 6.45) is 1.67. The molecule has 122 valence electrons. The zero-order chi connectivity index (χ0) is 16.8. The number of benzene rings is 1. The van der Waals surface area contributed by atoms with E-state index >= 15 is 0 Å². The summed E-state index contributed by atoms with van der Waals surface area (Å²) < 4.78 is 6.29. The van der Waals surface area contributed by atoms with Crippen LogP contribution in [0.2, 0.25) is 4.34 Å². The van der Waals surface area contributed by atoms with Gasteiger partial charge in [-0.3, -0.25) is 4.79 Å². The highest BCUT2D eigenvalue weighted by Crippen LogP contribution is 2.21. The Morgan fingerprint density at radius 2 is 1.96 bits per heavy atom. The van der Waals surface area contributed by atoms with Crippen LogP contribution < -0.4 is 10.1 Å². The maximum Gasteiger partial charge on any atom is 0.261 e. The molecule has 0 aliphatic heterocycles. The first-order valence-electron chi connectivity index (χ1n) is 7.36. The van der Waals surface area contributed by atoms with E-state index in [0.717, 1.165) is 11.1 Å². The number of pyridine rings is 1.